The second-order valence-corrected chi connectivity index (χ2v) is 8.91. The van der Waals surface area contributed by atoms with Crippen LogP contribution < -0.4 is 5.32 Å². The van der Waals surface area contributed by atoms with Gasteiger partial charge in [0.1, 0.15) is 0 Å². The van der Waals surface area contributed by atoms with Crippen molar-refractivity contribution in [1.82, 2.24) is 15.1 Å². The summed E-state index contributed by atoms with van der Waals surface area (Å²) in [5, 5.41) is 3.34. The van der Waals surface area contributed by atoms with Gasteiger partial charge >= 0.3 is 0 Å². The van der Waals surface area contributed by atoms with E-state index in [1.165, 1.54) is 19.5 Å². The van der Waals surface area contributed by atoms with Gasteiger partial charge in [0.25, 0.3) is 0 Å². The Labute approximate surface area is 122 Å². The molecule has 0 aromatic carbocycles. The Kier molecular flexibility index (Phi) is 4.59. The molecular formula is C13H26N4O2S. The molecule has 0 aromatic rings. The van der Waals surface area contributed by atoms with Gasteiger partial charge in [0, 0.05) is 33.2 Å². The maximum absolute atomic E-state index is 12.0. The molecule has 0 aromatic heterocycles. The first-order chi connectivity index (χ1) is 9.36. The monoisotopic (exact) mass is 302 g/mol. The molecule has 2 rings (SSSR count). The Morgan fingerprint density at radius 1 is 1.30 bits per heavy atom. The summed E-state index contributed by atoms with van der Waals surface area (Å²) >= 11 is 0. The van der Waals surface area contributed by atoms with Crippen molar-refractivity contribution in [2.24, 2.45) is 4.99 Å². The van der Waals surface area contributed by atoms with Crippen molar-refractivity contribution in [3.05, 3.63) is 0 Å². The van der Waals surface area contributed by atoms with Crippen LogP contribution in [-0.4, -0.2) is 81.0 Å². The van der Waals surface area contributed by atoms with Gasteiger partial charge in [0.15, 0.2) is 15.8 Å². The predicted octanol–water partition coefficient (Wildman–Crippen LogP) is -0.223. The lowest BCUT2D eigenvalue weighted by Gasteiger charge is -2.39. The number of nitrogens with one attached hydrogen (secondary N) is 1. The van der Waals surface area contributed by atoms with Crippen LogP contribution in [0.4, 0.5) is 0 Å². The van der Waals surface area contributed by atoms with Gasteiger partial charge in [-0.05, 0) is 33.4 Å². The highest BCUT2D eigenvalue weighted by Gasteiger charge is 2.40. The summed E-state index contributed by atoms with van der Waals surface area (Å²) in [6, 6.07) is 0. The second kappa shape index (κ2) is 5.89. The Hall–Kier alpha value is -0.820. The fourth-order valence-electron chi connectivity index (χ4n) is 2.59. The minimum atomic E-state index is -3.00. The van der Waals surface area contributed by atoms with E-state index >= 15 is 0 Å². The predicted molar refractivity (Wildman–Crippen MR) is 81.9 cm³/mol. The van der Waals surface area contributed by atoms with Crippen molar-refractivity contribution in [1.29, 1.82) is 0 Å². The summed E-state index contributed by atoms with van der Waals surface area (Å²) in [5.74, 6) is 1.01. The number of sulfone groups is 1. The number of rotatable bonds is 3. The third-order valence-electron chi connectivity index (χ3n) is 4.21. The molecule has 2 aliphatic rings. The van der Waals surface area contributed by atoms with Crippen LogP contribution in [0.5, 0.6) is 0 Å². The van der Waals surface area contributed by atoms with Gasteiger partial charge in [0.2, 0.25) is 0 Å². The number of likely N-dealkylation sites (tertiary alicyclic amines) is 1. The molecule has 0 bridgehead atoms. The zero-order valence-electron chi connectivity index (χ0n) is 12.7. The molecule has 2 heterocycles. The van der Waals surface area contributed by atoms with E-state index in [9.17, 15) is 8.42 Å². The van der Waals surface area contributed by atoms with E-state index in [0.29, 0.717) is 13.1 Å². The van der Waals surface area contributed by atoms with Gasteiger partial charge in [-0.3, -0.25) is 4.99 Å². The van der Waals surface area contributed by atoms with E-state index in [0.717, 1.165) is 19.0 Å². The first-order valence-electron chi connectivity index (χ1n) is 7.26. The van der Waals surface area contributed by atoms with Gasteiger partial charge in [0.05, 0.1) is 10.5 Å². The van der Waals surface area contributed by atoms with Crippen LogP contribution >= 0.6 is 0 Å². The van der Waals surface area contributed by atoms with Crippen LogP contribution in [0.3, 0.4) is 0 Å². The molecule has 116 valence electrons. The smallest absolute Gasteiger partial charge is 0.193 e. The third-order valence-corrected chi connectivity index (χ3v) is 6.75. The number of aliphatic imine (C=N–C) groups is 1. The second-order valence-electron chi connectivity index (χ2n) is 6.17. The highest BCUT2D eigenvalue weighted by molar-refractivity contribution is 7.92. The largest absolute Gasteiger partial charge is 0.355 e. The maximum Gasteiger partial charge on any atom is 0.193 e. The van der Waals surface area contributed by atoms with E-state index in [1.54, 1.807) is 20.9 Å². The van der Waals surface area contributed by atoms with Gasteiger partial charge in [-0.25, -0.2) is 8.42 Å². The number of hydrogen-bond acceptors (Lipinski definition) is 4. The number of hydrogen-bond donors (Lipinski definition) is 1. The van der Waals surface area contributed by atoms with Crippen molar-refractivity contribution in [3.8, 4) is 0 Å². The van der Waals surface area contributed by atoms with Crippen molar-refractivity contribution < 1.29 is 8.42 Å². The number of guanidine groups is 1. The molecule has 0 radical (unpaired) electrons. The van der Waals surface area contributed by atoms with Crippen molar-refractivity contribution in [3.63, 3.8) is 0 Å². The Morgan fingerprint density at radius 3 is 2.50 bits per heavy atom. The molecule has 20 heavy (non-hydrogen) atoms. The Balaban J connectivity index is 1.88. The highest BCUT2D eigenvalue weighted by Crippen LogP contribution is 2.23. The molecule has 0 saturated carbocycles. The first-order valence-corrected chi connectivity index (χ1v) is 8.91. The van der Waals surface area contributed by atoms with Crippen molar-refractivity contribution in [2.45, 2.75) is 25.0 Å². The molecule has 1 N–H and O–H groups in total. The first kappa shape index (κ1) is 15.6. The Bertz CT molecular complexity index is 469. The SMILES string of the molecule is CN=C(NCCN1CCC1)N1CCS(=O)(=O)C(C)(C)C1. The highest BCUT2D eigenvalue weighted by atomic mass is 32.2. The van der Waals surface area contributed by atoms with E-state index < -0.39 is 14.6 Å². The lowest BCUT2D eigenvalue weighted by atomic mass is 10.2. The third kappa shape index (κ3) is 3.25. The van der Waals surface area contributed by atoms with Gasteiger partial charge in [-0.15, -0.1) is 0 Å². The summed E-state index contributed by atoms with van der Waals surface area (Å²) in [5.41, 5.74) is 0. The van der Waals surface area contributed by atoms with Crippen molar-refractivity contribution >= 4 is 15.8 Å². The average Bonchev–Trinajstić information content (AvgIpc) is 2.31. The molecule has 0 spiro atoms. The molecule has 2 saturated heterocycles. The van der Waals surface area contributed by atoms with Gasteiger partial charge < -0.3 is 15.1 Å². The molecule has 0 amide bonds. The van der Waals surface area contributed by atoms with Crippen LogP contribution in [-0.2, 0) is 9.84 Å². The van der Waals surface area contributed by atoms with Crippen LogP contribution in [0.15, 0.2) is 4.99 Å². The quantitative estimate of drug-likeness (QED) is 0.577. The van der Waals surface area contributed by atoms with E-state index in [1.807, 2.05) is 0 Å². The fourth-order valence-corrected chi connectivity index (χ4v) is 3.95. The van der Waals surface area contributed by atoms with Gasteiger partial charge in [-0.1, -0.05) is 0 Å². The topological polar surface area (TPSA) is 65.0 Å². The van der Waals surface area contributed by atoms with Crippen LogP contribution in [0.1, 0.15) is 20.3 Å². The summed E-state index contributed by atoms with van der Waals surface area (Å²) in [4.78, 5) is 8.73. The average molecular weight is 302 g/mol. The van der Waals surface area contributed by atoms with Crippen LogP contribution in [0.25, 0.3) is 0 Å². The minimum Gasteiger partial charge on any atom is -0.355 e. The molecule has 6 nitrogen and oxygen atoms in total. The van der Waals surface area contributed by atoms with Crippen LogP contribution in [0.2, 0.25) is 0 Å². The zero-order chi connectivity index (χ0) is 14.8. The molecular weight excluding hydrogens is 276 g/mol. The fraction of sp³-hybridized carbons (Fsp3) is 0.923. The molecule has 2 aliphatic heterocycles. The minimum absolute atomic E-state index is 0.201. The van der Waals surface area contributed by atoms with E-state index in [-0.39, 0.29) is 5.75 Å². The molecule has 0 atom stereocenters. The summed E-state index contributed by atoms with van der Waals surface area (Å²) in [6.45, 7) is 8.87. The lowest BCUT2D eigenvalue weighted by molar-refractivity contribution is 0.184. The molecule has 2 fully saturated rings. The van der Waals surface area contributed by atoms with E-state index in [2.05, 4.69) is 20.1 Å². The lowest BCUT2D eigenvalue weighted by Crippen LogP contribution is -2.57. The summed E-state index contributed by atoms with van der Waals surface area (Å²) < 4.78 is 23.3. The summed E-state index contributed by atoms with van der Waals surface area (Å²) in [6.07, 6.45) is 1.30. The van der Waals surface area contributed by atoms with E-state index in [4.69, 9.17) is 0 Å². The normalized spacial score (nSPS) is 26.1. The van der Waals surface area contributed by atoms with Gasteiger partial charge in [-0.2, -0.15) is 0 Å². The Morgan fingerprint density at radius 2 is 2.00 bits per heavy atom. The molecule has 0 aliphatic carbocycles. The standard InChI is InChI=1S/C13H26N4O2S/c1-13(2)11-17(9-10-20(13,18)19)12(14-3)15-5-8-16-6-4-7-16/h4-11H2,1-3H3,(H,14,15). The zero-order valence-corrected chi connectivity index (χ0v) is 13.5. The number of nitrogens with zero attached hydrogens (tertiary/aromatic N) is 3. The molecule has 0 unspecified atom stereocenters. The summed E-state index contributed by atoms with van der Waals surface area (Å²) in [7, 11) is -1.25. The molecule has 7 heteroatoms. The van der Waals surface area contributed by atoms with Crippen molar-refractivity contribution in [2.75, 3.05) is 52.1 Å². The van der Waals surface area contributed by atoms with Crippen LogP contribution in [0, 0.1) is 0 Å². The maximum atomic E-state index is 12.0.